The Labute approximate surface area is 191 Å². The molecule has 0 spiro atoms. The highest BCUT2D eigenvalue weighted by molar-refractivity contribution is 7.20. The Morgan fingerprint density at radius 3 is 2.68 bits per heavy atom. The highest BCUT2D eigenvalue weighted by Gasteiger charge is 2.26. The van der Waals surface area contributed by atoms with E-state index >= 15 is 0 Å². The molecule has 1 aliphatic rings. The second-order valence-electron chi connectivity index (χ2n) is 7.90. The van der Waals surface area contributed by atoms with Crippen LogP contribution in [0.2, 0.25) is 5.28 Å². The van der Waals surface area contributed by atoms with E-state index in [2.05, 4.69) is 26.8 Å². The van der Waals surface area contributed by atoms with Crippen LogP contribution in [0.1, 0.15) is 59.8 Å². The topological polar surface area (TPSA) is 68.2 Å². The smallest absolute Gasteiger partial charge is 0.348 e. The van der Waals surface area contributed by atoms with Crippen molar-refractivity contribution in [1.82, 2.24) is 15.0 Å². The van der Waals surface area contributed by atoms with Crippen LogP contribution in [0.5, 0.6) is 0 Å². The molecule has 0 radical (unpaired) electrons. The minimum Gasteiger partial charge on any atom is -0.458 e. The summed E-state index contributed by atoms with van der Waals surface area (Å²) in [7, 11) is 0. The van der Waals surface area contributed by atoms with Gasteiger partial charge in [-0.2, -0.15) is 4.98 Å². The Balaban J connectivity index is 1.62. The molecule has 31 heavy (non-hydrogen) atoms. The lowest BCUT2D eigenvalue weighted by atomic mass is 9.98. The first kappa shape index (κ1) is 22.0. The third kappa shape index (κ3) is 4.99. The van der Waals surface area contributed by atoms with Crippen molar-refractivity contribution in [2.75, 3.05) is 18.0 Å². The van der Waals surface area contributed by atoms with Gasteiger partial charge in [-0.25, -0.2) is 9.78 Å². The molecule has 1 fully saturated rings. The molecule has 8 heteroatoms. The van der Waals surface area contributed by atoms with E-state index in [1.54, 1.807) is 12.4 Å². The summed E-state index contributed by atoms with van der Waals surface area (Å²) in [5.41, 5.74) is 2.08. The summed E-state index contributed by atoms with van der Waals surface area (Å²) in [5.74, 6) is 0.520. The monoisotopic (exact) mass is 458 g/mol. The number of aromatic nitrogens is 3. The Hall–Kier alpha value is -2.25. The number of hydrogen-bond donors (Lipinski definition) is 0. The number of carbonyl (C=O) groups is 1. The van der Waals surface area contributed by atoms with Gasteiger partial charge in [-0.1, -0.05) is 6.42 Å². The van der Waals surface area contributed by atoms with Crippen molar-refractivity contribution in [1.29, 1.82) is 0 Å². The molecule has 0 aromatic carbocycles. The van der Waals surface area contributed by atoms with Gasteiger partial charge in [0.2, 0.25) is 5.28 Å². The zero-order valence-corrected chi connectivity index (χ0v) is 19.5. The molecule has 0 bridgehead atoms. The highest BCUT2D eigenvalue weighted by Crippen LogP contribution is 2.37. The number of rotatable bonds is 7. The molecule has 4 rings (SSSR count). The van der Waals surface area contributed by atoms with Gasteiger partial charge in [0.1, 0.15) is 21.6 Å². The summed E-state index contributed by atoms with van der Waals surface area (Å²) in [6.45, 7) is 5.59. The molecule has 0 atom stereocenters. The predicted octanol–water partition coefficient (Wildman–Crippen LogP) is 5.61. The first-order chi connectivity index (χ1) is 15.1. The minimum absolute atomic E-state index is 0.0208. The van der Waals surface area contributed by atoms with Gasteiger partial charge >= 0.3 is 5.97 Å². The number of anilines is 1. The van der Waals surface area contributed by atoms with Gasteiger partial charge in [0.15, 0.2) is 0 Å². The largest absolute Gasteiger partial charge is 0.458 e. The molecule has 0 aliphatic heterocycles. The molecule has 0 saturated heterocycles. The number of aryl methyl sites for hydroxylation is 1. The fraction of sp³-hybridized carbons (Fsp3) is 0.478. The quantitative estimate of drug-likeness (QED) is 0.338. The number of halogens is 1. The summed E-state index contributed by atoms with van der Waals surface area (Å²) in [6.07, 6.45) is 9.86. The molecule has 6 nitrogen and oxygen atoms in total. The van der Waals surface area contributed by atoms with Crippen LogP contribution < -0.4 is 4.90 Å². The van der Waals surface area contributed by atoms with Gasteiger partial charge in [-0.05, 0) is 80.8 Å². The van der Waals surface area contributed by atoms with E-state index in [1.165, 1.54) is 23.3 Å². The third-order valence-electron chi connectivity index (χ3n) is 5.86. The van der Waals surface area contributed by atoms with Crippen LogP contribution in [0.25, 0.3) is 10.2 Å². The summed E-state index contributed by atoms with van der Waals surface area (Å²) in [4.78, 5) is 29.5. The number of pyridine rings is 1. The number of fused-ring (bicyclic) bond motifs is 1. The maximum atomic E-state index is 12.9. The molecule has 164 valence electrons. The summed E-state index contributed by atoms with van der Waals surface area (Å²) < 4.78 is 5.82. The molecular weight excluding hydrogens is 432 g/mol. The Bertz CT molecular complexity index is 1050. The Morgan fingerprint density at radius 2 is 1.97 bits per heavy atom. The molecule has 3 aromatic heterocycles. The van der Waals surface area contributed by atoms with Crippen LogP contribution in [0.4, 0.5) is 5.82 Å². The van der Waals surface area contributed by atoms with E-state index in [0.29, 0.717) is 4.88 Å². The van der Waals surface area contributed by atoms with E-state index in [0.717, 1.165) is 66.8 Å². The zero-order valence-electron chi connectivity index (χ0n) is 17.9. The number of hydrogen-bond acceptors (Lipinski definition) is 7. The first-order valence-corrected chi connectivity index (χ1v) is 12.1. The number of esters is 1. The predicted molar refractivity (Wildman–Crippen MR) is 125 cm³/mol. The highest BCUT2D eigenvalue weighted by atomic mass is 35.5. The molecule has 1 saturated carbocycles. The number of nitrogens with zero attached hydrogens (tertiary/aromatic N) is 4. The molecule has 0 amide bonds. The van der Waals surface area contributed by atoms with Crippen molar-refractivity contribution < 1.29 is 9.53 Å². The van der Waals surface area contributed by atoms with Gasteiger partial charge in [-0.15, -0.1) is 11.3 Å². The van der Waals surface area contributed by atoms with Crippen molar-refractivity contribution in [3.63, 3.8) is 0 Å². The van der Waals surface area contributed by atoms with Crippen molar-refractivity contribution in [2.45, 2.75) is 58.5 Å². The first-order valence-electron chi connectivity index (χ1n) is 10.9. The van der Waals surface area contributed by atoms with Crippen LogP contribution in [0.3, 0.4) is 0 Å². The normalized spacial score (nSPS) is 14.7. The molecule has 3 aromatic rings. The van der Waals surface area contributed by atoms with Crippen molar-refractivity contribution in [3.8, 4) is 0 Å². The minimum atomic E-state index is -0.255. The number of ether oxygens (including phenoxy) is 1. The lowest BCUT2D eigenvalue weighted by Crippen LogP contribution is -2.27. The summed E-state index contributed by atoms with van der Waals surface area (Å²) in [5, 5.41) is 1.08. The van der Waals surface area contributed by atoms with Gasteiger partial charge in [0, 0.05) is 25.5 Å². The van der Waals surface area contributed by atoms with E-state index in [-0.39, 0.29) is 17.4 Å². The second kappa shape index (κ2) is 9.92. The Morgan fingerprint density at radius 1 is 1.23 bits per heavy atom. The van der Waals surface area contributed by atoms with Crippen LogP contribution in [-0.2, 0) is 11.2 Å². The van der Waals surface area contributed by atoms with Crippen LogP contribution in [0.15, 0.2) is 24.5 Å². The zero-order chi connectivity index (χ0) is 21.8. The average molecular weight is 459 g/mol. The van der Waals surface area contributed by atoms with Crippen molar-refractivity contribution >= 4 is 44.9 Å². The Kier molecular flexibility index (Phi) is 7.02. The van der Waals surface area contributed by atoms with Gasteiger partial charge < -0.3 is 9.64 Å². The number of carbonyl (C=O) groups excluding carboxylic acids is 1. The standard InChI is InChI=1S/C23H27ClN4O2S/c1-3-28(14-11-16-9-12-25-13-10-16)20-18-15(2)19(31-21(18)27-23(24)26-20)22(29)30-17-7-5-4-6-8-17/h9-10,12-13,17H,3-8,11,14H2,1-2H3. The van der Waals surface area contributed by atoms with E-state index < -0.39 is 0 Å². The van der Waals surface area contributed by atoms with E-state index in [9.17, 15) is 4.79 Å². The van der Waals surface area contributed by atoms with E-state index in [4.69, 9.17) is 16.3 Å². The molecule has 1 aliphatic carbocycles. The SMILES string of the molecule is CCN(CCc1ccncc1)c1nc(Cl)nc2sc(C(=O)OC3CCCCC3)c(C)c12. The lowest BCUT2D eigenvalue weighted by Gasteiger charge is -2.23. The number of thiophene rings is 1. The van der Waals surface area contributed by atoms with Crippen LogP contribution in [0, 0.1) is 6.92 Å². The fourth-order valence-corrected chi connectivity index (χ4v) is 5.40. The average Bonchev–Trinajstić information content (AvgIpc) is 3.11. The third-order valence-corrected chi connectivity index (χ3v) is 7.19. The van der Waals surface area contributed by atoms with Gasteiger partial charge in [0.05, 0.1) is 5.39 Å². The summed E-state index contributed by atoms with van der Waals surface area (Å²) >= 11 is 7.62. The van der Waals surface area contributed by atoms with Crippen LogP contribution in [-0.4, -0.2) is 40.1 Å². The van der Waals surface area contributed by atoms with Gasteiger partial charge in [0.25, 0.3) is 0 Å². The van der Waals surface area contributed by atoms with Gasteiger partial charge in [-0.3, -0.25) is 4.98 Å². The van der Waals surface area contributed by atoms with Crippen molar-refractivity contribution in [3.05, 3.63) is 45.8 Å². The maximum absolute atomic E-state index is 12.9. The van der Waals surface area contributed by atoms with Crippen LogP contribution >= 0.6 is 22.9 Å². The molecule has 0 N–H and O–H groups in total. The summed E-state index contributed by atoms with van der Waals surface area (Å²) in [6, 6.07) is 4.04. The number of likely N-dealkylation sites (N-methyl/N-ethyl adjacent to an activating group) is 1. The molecule has 3 heterocycles. The molecular formula is C23H27ClN4O2S. The maximum Gasteiger partial charge on any atom is 0.348 e. The van der Waals surface area contributed by atoms with E-state index in [1.807, 2.05) is 19.1 Å². The lowest BCUT2D eigenvalue weighted by molar-refractivity contribution is 0.0216. The van der Waals surface area contributed by atoms with Crippen molar-refractivity contribution in [2.24, 2.45) is 0 Å². The second-order valence-corrected chi connectivity index (χ2v) is 9.24. The fourth-order valence-electron chi connectivity index (χ4n) is 4.13. The molecule has 0 unspecified atom stereocenters.